The van der Waals surface area contributed by atoms with Crippen molar-refractivity contribution >= 4 is 15.7 Å². The van der Waals surface area contributed by atoms with Gasteiger partial charge in [0.1, 0.15) is 0 Å². The Morgan fingerprint density at radius 3 is 2.24 bits per heavy atom. The number of hydrogen-bond donors (Lipinski definition) is 1. The van der Waals surface area contributed by atoms with E-state index in [-0.39, 0.29) is 10.6 Å². The Balaban J connectivity index is 2.20. The van der Waals surface area contributed by atoms with Crippen LogP contribution in [-0.2, 0) is 10.0 Å². The molecule has 0 radical (unpaired) electrons. The lowest BCUT2D eigenvalue weighted by Crippen LogP contribution is -2.26. The highest BCUT2D eigenvalue weighted by Crippen LogP contribution is 2.19. The van der Waals surface area contributed by atoms with Crippen molar-refractivity contribution in [1.29, 1.82) is 0 Å². The van der Waals surface area contributed by atoms with Gasteiger partial charge in [0.05, 0.1) is 9.82 Å². The third-order valence-corrected chi connectivity index (χ3v) is 4.45. The largest absolute Gasteiger partial charge is 0.269 e. The van der Waals surface area contributed by atoms with E-state index < -0.39 is 21.0 Å². The summed E-state index contributed by atoms with van der Waals surface area (Å²) in [5, 5.41) is 10.6. The van der Waals surface area contributed by atoms with Crippen LogP contribution < -0.4 is 4.72 Å². The number of non-ortho nitro benzene ring substituents is 1. The van der Waals surface area contributed by atoms with Crippen molar-refractivity contribution in [1.82, 2.24) is 9.71 Å². The average molecular weight is 307 g/mol. The normalized spacial score (nSPS) is 12.8. The molecule has 0 saturated heterocycles. The van der Waals surface area contributed by atoms with Gasteiger partial charge in [-0.2, -0.15) is 0 Å². The number of rotatable bonds is 5. The number of nitrogens with zero attached hydrogens (tertiary/aromatic N) is 2. The van der Waals surface area contributed by atoms with Crippen LogP contribution in [0.4, 0.5) is 5.69 Å². The fourth-order valence-corrected chi connectivity index (χ4v) is 3.00. The van der Waals surface area contributed by atoms with Crippen LogP contribution in [0.25, 0.3) is 0 Å². The van der Waals surface area contributed by atoms with E-state index in [0.717, 1.165) is 17.7 Å². The number of hydrogen-bond acceptors (Lipinski definition) is 5. The zero-order valence-electron chi connectivity index (χ0n) is 11.1. The number of nitro benzene ring substituents is 1. The first-order valence-corrected chi connectivity index (χ1v) is 7.55. The summed E-state index contributed by atoms with van der Waals surface area (Å²) < 4.78 is 26.9. The second-order valence-corrected chi connectivity index (χ2v) is 6.09. The van der Waals surface area contributed by atoms with Crippen molar-refractivity contribution in [3.8, 4) is 0 Å². The maximum Gasteiger partial charge on any atom is 0.269 e. The van der Waals surface area contributed by atoms with E-state index in [2.05, 4.69) is 9.71 Å². The standard InChI is InChI=1S/C13H13N3O4S/c1-10(11-6-8-14-9-7-11)15-21(19,20)13-4-2-12(3-5-13)16(17)18/h2-10,15H,1H3. The molecule has 0 aliphatic rings. The quantitative estimate of drug-likeness (QED) is 0.672. The lowest BCUT2D eigenvalue weighted by atomic mass is 10.1. The predicted octanol–water partition coefficient (Wildman–Crippen LogP) is 2.03. The van der Waals surface area contributed by atoms with E-state index in [1.165, 1.54) is 12.1 Å². The van der Waals surface area contributed by atoms with Gasteiger partial charge in [-0.15, -0.1) is 0 Å². The summed E-state index contributed by atoms with van der Waals surface area (Å²) in [7, 11) is -3.74. The maximum absolute atomic E-state index is 12.2. The molecule has 21 heavy (non-hydrogen) atoms. The fraction of sp³-hybridized carbons (Fsp3) is 0.154. The summed E-state index contributed by atoms with van der Waals surface area (Å²) in [5.74, 6) is 0. The minimum atomic E-state index is -3.74. The van der Waals surface area contributed by atoms with Gasteiger partial charge in [-0.25, -0.2) is 13.1 Å². The Morgan fingerprint density at radius 2 is 1.71 bits per heavy atom. The molecule has 2 aromatic rings. The molecule has 0 spiro atoms. The number of benzene rings is 1. The van der Waals surface area contributed by atoms with Gasteiger partial charge in [-0.05, 0) is 36.8 Å². The zero-order valence-corrected chi connectivity index (χ0v) is 11.9. The number of pyridine rings is 1. The summed E-state index contributed by atoms with van der Waals surface area (Å²) in [6.07, 6.45) is 3.15. The minimum Gasteiger partial charge on any atom is -0.265 e. The molecule has 1 aromatic heterocycles. The highest BCUT2D eigenvalue weighted by Gasteiger charge is 2.19. The van der Waals surface area contributed by atoms with E-state index in [9.17, 15) is 18.5 Å². The van der Waals surface area contributed by atoms with Gasteiger partial charge < -0.3 is 0 Å². The van der Waals surface area contributed by atoms with Crippen LogP contribution in [0.5, 0.6) is 0 Å². The van der Waals surface area contributed by atoms with E-state index in [0.29, 0.717) is 0 Å². The second kappa shape index (κ2) is 5.98. The van der Waals surface area contributed by atoms with E-state index in [1.807, 2.05) is 0 Å². The van der Waals surface area contributed by atoms with Gasteiger partial charge in [-0.3, -0.25) is 15.1 Å². The van der Waals surface area contributed by atoms with Crippen LogP contribution in [0.2, 0.25) is 0 Å². The molecule has 1 N–H and O–H groups in total. The van der Waals surface area contributed by atoms with Crippen molar-refractivity contribution in [3.05, 3.63) is 64.5 Å². The molecule has 1 aromatic carbocycles. The van der Waals surface area contributed by atoms with E-state index in [4.69, 9.17) is 0 Å². The topological polar surface area (TPSA) is 102 Å². The Morgan fingerprint density at radius 1 is 1.14 bits per heavy atom. The number of nitrogens with one attached hydrogen (secondary N) is 1. The lowest BCUT2D eigenvalue weighted by molar-refractivity contribution is -0.384. The van der Waals surface area contributed by atoms with Crippen LogP contribution in [0.3, 0.4) is 0 Å². The SMILES string of the molecule is CC(NS(=O)(=O)c1ccc([N+](=O)[O-])cc1)c1ccncc1. The first-order valence-electron chi connectivity index (χ1n) is 6.07. The van der Waals surface area contributed by atoms with Crippen molar-refractivity contribution in [3.63, 3.8) is 0 Å². The summed E-state index contributed by atoms with van der Waals surface area (Å²) >= 11 is 0. The van der Waals surface area contributed by atoms with Crippen LogP contribution in [0.1, 0.15) is 18.5 Å². The third kappa shape index (κ3) is 3.61. The van der Waals surface area contributed by atoms with Gasteiger partial charge in [0.15, 0.2) is 0 Å². The Kier molecular flexibility index (Phi) is 4.29. The molecule has 8 heteroatoms. The smallest absolute Gasteiger partial charge is 0.265 e. The third-order valence-electron chi connectivity index (χ3n) is 2.90. The monoisotopic (exact) mass is 307 g/mol. The molecule has 0 aliphatic heterocycles. The van der Waals surface area contributed by atoms with Crippen LogP contribution in [0.15, 0.2) is 53.7 Å². The minimum absolute atomic E-state index is 0.0194. The Bertz CT molecular complexity index is 730. The number of sulfonamides is 1. The molecule has 0 bridgehead atoms. The summed E-state index contributed by atoms with van der Waals surface area (Å²) in [6, 6.07) is 7.72. The molecular weight excluding hydrogens is 294 g/mol. The Labute approximate surface area is 121 Å². The highest BCUT2D eigenvalue weighted by atomic mass is 32.2. The number of nitro groups is 1. The van der Waals surface area contributed by atoms with E-state index >= 15 is 0 Å². The Hall–Kier alpha value is -2.32. The number of aromatic nitrogens is 1. The van der Waals surface area contributed by atoms with Crippen molar-refractivity contribution < 1.29 is 13.3 Å². The molecule has 0 fully saturated rings. The molecule has 2 rings (SSSR count). The molecular formula is C13H13N3O4S. The first-order chi connectivity index (χ1) is 9.90. The zero-order chi connectivity index (χ0) is 15.5. The van der Waals surface area contributed by atoms with Gasteiger partial charge in [0.25, 0.3) is 5.69 Å². The van der Waals surface area contributed by atoms with E-state index in [1.54, 1.807) is 31.5 Å². The van der Waals surface area contributed by atoms with Gasteiger partial charge in [0.2, 0.25) is 10.0 Å². The fourth-order valence-electron chi connectivity index (χ4n) is 1.77. The molecule has 0 amide bonds. The average Bonchev–Trinajstić information content (AvgIpc) is 2.48. The summed E-state index contributed by atoms with van der Waals surface area (Å²) in [4.78, 5) is 13.8. The van der Waals surface area contributed by atoms with Gasteiger partial charge in [0, 0.05) is 30.6 Å². The van der Waals surface area contributed by atoms with Gasteiger partial charge >= 0.3 is 0 Å². The van der Waals surface area contributed by atoms with Crippen molar-refractivity contribution in [2.75, 3.05) is 0 Å². The molecule has 110 valence electrons. The van der Waals surface area contributed by atoms with Crippen molar-refractivity contribution in [2.45, 2.75) is 17.9 Å². The van der Waals surface area contributed by atoms with Crippen LogP contribution in [-0.4, -0.2) is 18.3 Å². The molecule has 0 aliphatic carbocycles. The van der Waals surface area contributed by atoms with Gasteiger partial charge in [-0.1, -0.05) is 0 Å². The molecule has 7 nitrogen and oxygen atoms in total. The molecule has 1 unspecified atom stereocenters. The maximum atomic E-state index is 12.2. The lowest BCUT2D eigenvalue weighted by Gasteiger charge is -2.14. The summed E-state index contributed by atoms with van der Waals surface area (Å²) in [6.45, 7) is 1.71. The van der Waals surface area contributed by atoms with Crippen LogP contribution in [0, 0.1) is 10.1 Å². The predicted molar refractivity (Wildman–Crippen MR) is 76.1 cm³/mol. The molecule has 1 atom stereocenters. The molecule has 0 saturated carbocycles. The van der Waals surface area contributed by atoms with Crippen LogP contribution >= 0.6 is 0 Å². The second-order valence-electron chi connectivity index (χ2n) is 4.37. The summed E-state index contributed by atoms with van der Waals surface area (Å²) in [5.41, 5.74) is 0.617. The first kappa shape index (κ1) is 15.1. The molecule has 1 heterocycles. The highest BCUT2D eigenvalue weighted by molar-refractivity contribution is 7.89. The van der Waals surface area contributed by atoms with Crippen molar-refractivity contribution in [2.24, 2.45) is 0 Å².